The van der Waals surface area contributed by atoms with E-state index in [9.17, 15) is 9.59 Å². The summed E-state index contributed by atoms with van der Waals surface area (Å²) >= 11 is 0. The van der Waals surface area contributed by atoms with Crippen molar-refractivity contribution in [1.82, 2.24) is 5.32 Å². The van der Waals surface area contributed by atoms with E-state index in [4.69, 9.17) is 15.2 Å². The van der Waals surface area contributed by atoms with Crippen LogP contribution in [0, 0.1) is 0 Å². The van der Waals surface area contributed by atoms with E-state index in [1.807, 2.05) is 24.3 Å². The first-order chi connectivity index (χ1) is 14.0. The van der Waals surface area contributed by atoms with Crippen LogP contribution >= 0.6 is 0 Å². The summed E-state index contributed by atoms with van der Waals surface area (Å²) in [6.07, 6.45) is 4.26. The van der Waals surface area contributed by atoms with Crippen LogP contribution in [0.15, 0.2) is 42.5 Å². The van der Waals surface area contributed by atoms with E-state index in [-0.39, 0.29) is 11.3 Å². The van der Waals surface area contributed by atoms with Crippen LogP contribution < -0.4 is 25.8 Å². The zero-order chi connectivity index (χ0) is 20.9. The number of nitrogens with two attached hydrogens (primary N) is 1. The number of hydrogen-bond donors (Lipinski definition) is 3. The summed E-state index contributed by atoms with van der Waals surface area (Å²) in [4.78, 5) is 23.8. The first-order valence-corrected chi connectivity index (χ1v) is 9.65. The summed E-state index contributed by atoms with van der Waals surface area (Å²) in [7, 11) is 3.08. The molecule has 0 radical (unpaired) electrons. The zero-order valence-electron chi connectivity index (χ0n) is 16.8. The smallest absolute Gasteiger partial charge is 0.312 e. The second-order valence-corrected chi connectivity index (χ2v) is 7.31. The molecule has 0 aliphatic heterocycles. The molecular formula is C22H27N3O4. The van der Waals surface area contributed by atoms with Crippen LogP contribution in [0.1, 0.15) is 41.6 Å². The van der Waals surface area contributed by atoms with Gasteiger partial charge in [0, 0.05) is 23.2 Å². The number of urea groups is 1. The van der Waals surface area contributed by atoms with E-state index in [1.54, 1.807) is 25.3 Å². The molecule has 1 saturated carbocycles. The Morgan fingerprint density at radius 1 is 1.00 bits per heavy atom. The molecule has 0 aromatic heterocycles. The van der Waals surface area contributed by atoms with Crippen LogP contribution in [0.3, 0.4) is 0 Å². The second-order valence-electron chi connectivity index (χ2n) is 7.31. The van der Waals surface area contributed by atoms with E-state index in [1.165, 1.54) is 7.11 Å². The molecule has 7 heteroatoms. The maximum atomic E-state index is 12.6. The van der Waals surface area contributed by atoms with Crippen LogP contribution in [0.25, 0.3) is 0 Å². The summed E-state index contributed by atoms with van der Waals surface area (Å²) in [5.41, 5.74) is 7.49. The Hall–Kier alpha value is -3.22. The van der Waals surface area contributed by atoms with Crippen LogP contribution in [0.4, 0.5) is 10.5 Å². The van der Waals surface area contributed by atoms with Crippen molar-refractivity contribution in [2.24, 2.45) is 5.73 Å². The lowest BCUT2D eigenvalue weighted by molar-refractivity contribution is 0.102. The van der Waals surface area contributed by atoms with E-state index in [2.05, 4.69) is 10.6 Å². The lowest BCUT2D eigenvalue weighted by atomic mass is 9.78. The Labute approximate surface area is 170 Å². The van der Waals surface area contributed by atoms with Gasteiger partial charge in [0.25, 0.3) is 5.91 Å². The van der Waals surface area contributed by atoms with Gasteiger partial charge in [0.05, 0.1) is 14.2 Å². The number of amides is 3. The van der Waals surface area contributed by atoms with Gasteiger partial charge in [-0.1, -0.05) is 25.0 Å². The fraction of sp³-hybridized carbons (Fsp3) is 0.364. The molecule has 154 valence electrons. The minimum Gasteiger partial charge on any atom is -0.493 e. The van der Waals surface area contributed by atoms with Gasteiger partial charge in [-0.25, -0.2) is 4.79 Å². The molecule has 7 nitrogen and oxygen atoms in total. The molecule has 1 fully saturated rings. The van der Waals surface area contributed by atoms with E-state index >= 15 is 0 Å². The number of anilines is 1. The standard InChI is InChI=1S/C22H27N3O4/c1-28-18-10-5-15(13-19(18)29-2)20(26)25-17-8-6-16(7-9-17)22(11-3-4-12-22)14-24-21(23)27/h5-10,13H,3-4,11-12,14H2,1-2H3,(H,25,26)(H3,23,24,27). The van der Waals surface area contributed by atoms with Crippen molar-refractivity contribution in [1.29, 1.82) is 0 Å². The van der Waals surface area contributed by atoms with Crippen LogP contribution in [0.2, 0.25) is 0 Å². The number of primary amides is 1. The Balaban J connectivity index is 1.73. The molecule has 3 rings (SSSR count). The topological polar surface area (TPSA) is 103 Å². The van der Waals surface area contributed by atoms with Gasteiger partial charge in [-0.2, -0.15) is 0 Å². The van der Waals surface area contributed by atoms with E-state index < -0.39 is 6.03 Å². The van der Waals surface area contributed by atoms with Crippen LogP contribution in [0.5, 0.6) is 11.5 Å². The molecule has 2 aromatic rings. The van der Waals surface area contributed by atoms with Crippen molar-refractivity contribution in [3.8, 4) is 11.5 Å². The van der Waals surface area contributed by atoms with Gasteiger partial charge in [-0.15, -0.1) is 0 Å². The quantitative estimate of drug-likeness (QED) is 0.666. The first-order valence-electron chi connectivity index (χ1n) is 9.65. The summed E-state index contributed by atoms with van der Waals surface area (Å²) in [5, 5.41) is 5.66. The van der Waals surface area contributed by atoms with Crippen molar-refractivity contribution in [3.05, 3.63) is 53.6 Å². The number of methoxy groups -OCH3 is 2. The van der Waals surface area contributed by atoms with Gasteiger partial charge >= 0.3 is 6.03 Å². The minimum absolute atomic E-state index is 0.0963. The molecular weight excluding hydrogens is 370 g/mol. The van der Waals surface area contributed by atoms with Gasteiger partial charge in [-0.05, 0) is 48.7 Å². The SMILES string of the molecule is COc1ccc(C(=O)Nc2ccc(C3(CNC(N)=O)CCCC3)cc2)cc1OC. The predicted molar refractivity (Wildman–Crippen MR) is 112 cm³/mol. The molecule has 29 heavy (non-hydrogen) atoms. The Morgan fingerprint density at radius 3 is 2.24 bits per heavy atom. The average molecular weight is 397 g/mol. The van der Waals surface area contributed by atoms with Crippen LogP contribution in [-0.4, -0.2) is 32.7 Å². The summed E-state index contributed by atoms with van der Waals surface area (Å²) in [6.45, 7) is 0.527. The molecule has 0 unspecified atom stereocenters. The average Bonchev–Trinajstić information content (AvgIpc) is 3.22. The van der Waals surface area contributed by atoms with Gasteiger partial charge in [-0.3, -0.25) is 4.79 Å². The highest BCUT2D eigenvalue weighted by molar-refractivity contribution is 6.04. The third-order valence-corrected chi connectivity index (χ3v) is 5.56. The summed E-state index contributed by atoms with van der Waals surface area (Å²) in [6, 6.07) is 12.3. The zero-order valence-corrected chi connectivity index (χ0v) is 16.8. The Bertz CT molecular complexity index is 874. The van der Waals surface area contributed by atoms with Crippen molar-refractivity contribution in [2.45, 2.75) is 31.1 Å². The molecule has 0 bridgehead atoms. The Morgan fingerprint density at radius 2 is 1.66 bits per heavy atom. The molecule has 4 N–H and O–H groups in total. The van der Waals surface area contributed by atoms with Crippen molar-refractivity contribution < 1.29 is 19.1 Å². The molecule has 0 heterocycles. The summed E-state index contributed by atoms with van der Waals surface area (Å²) in [5.74, 6) is 0.838. The van der Waals surface area contributed by atoms with E-state index in [0.717, 1.165) is 31.2 Å². The van der Waals surface area contributed by atoms with Gasteiger partial charge < -0.3 is 25.8 Å². The molecule has 3 amide bonds. The van der Waals surface area contributed by atoms with Gasteiger partial charge in [0.15, 0.2) is 11.5 Å². The number of hydrogen-bond acceptors (Lipinski definition) is 4. The van der Waals surface area contributed by atoms with Crippen molar-refractivity contribution >= 4 is 17.6 Å². The monoisotopic (exact) mass is 397 g/mol. The second kappa shape index (κ2) is 8.86. The van der Waals surface area contributed by atoms with Crippen molar-refractivity contribution in [3.63, 3.8) is 0 Å². The normalized spacial score (nSPS) is 14.8. The maximum absolute atomic E-state index is 12.6. The molecule has 0 spiro atoms. The Kier molecular flexibility index (Phi) is 6.26. The largest absolute Gasteiger partial charge is 0.493 e. The highest BCUT2D eigenvalue weighted by Crippen LogP contribution is 2.41. The molecule has 1 aliphatic carbocycles. The third-order valence-electron chi connectivity index (χ3n) is 5.56. The van der Waals surface area contributed by atoms with Gasteiger partial charge in [0.2, 0.25) is 0 Å². The summed E-state index contributed by atoms with van der Waals surface area (Å²) < 4.78 is 10.5. The predicted octanol–water partition coefficient (Wildman–Crippen LogP) is 3.44. The maximum Gasteiger partial charge on any atom is 0.312 e. The van der Waals surface area contributed by atoms with Crippen molar-refractivity contribution in [2.75, 3.05) is 26.1 Å². The highest BCUT2D eigenvalue weighted by Gasteiger charge is 2.35. The highest BCUT2D eigenvalue weighted by atomic mass is 16.5. The van der Waals surface area contributed by atoms with Crippen LogP contribution in [-0.2, 0) is 5.41 Å². The van der Waals surface area contributed by atoms with Gasteiger partial charge in [0.1, 0.15) is 0 Å². The fourth-order valence-electron chi connectivity index (χ4n) is 3.96. The number of benzene rings is 2. The molecule has 2 aromatic carbocycles. The lowest BCUT2D eigenvalue weighted by Gasteiger charge is -2.30. The number of carbonyl (C=O) groups is 2. The number of carbonyl (C=O) groups excluding carboxylic acids is 2. The molecule has 0 saturated heterocycles. The number of nitrogens with one attached hydrogen (secondary N) is 2. The number of ether oxygens (including phenoxy) is 2. The van der Waals surface area contributed by atoms with E-state index in [0.29, 0.717) is 29.3 Å². The lowest BCUT2D eigenvalue weighted by Crippen LogP contribution is -2.41. The molecule has 0 atom stereocenters. The minimum atomic E-state index is -0.505. The molecule has 1 aliphatic rings. The first kappa shape index (κ1) is 20.5. The third kappa shape index (κ3) is 4.62. The fourth-order valence-corrected chi connectivity index (χ4v) is 3.96. The number of rotatable bonds is 7.